The van der Waals surface area contributed by atoms with Crippen LogP contribution < -0.4 is 0 Å². The van der Waals surface area contributed by atoms with Gasteiger partial charge in [-0.2, -0.15) is 0 Å². The predicted octanol–water partition coefficient (Wildman–Crippen LogP) is 3.36. The highest BCUT2D eigenvalue weighted by Gasteiger charge is 2.04. The van der Waals surface area contributed by atoms with Crippen LogP contribution in [0.2, 0.25) is 0 Å². The molecular weight excluding hydrogens is 188 g/mol. The summed E-state index contributed by atoms with van der Waals surface area (Å²) in [6.45, 7) is 9.57. The van der Waals surface area contributed by atoms with Crippen molar-refractivity contribution >= 4 is 0 Å². The smallest absolute Gasteiger partial charge is 0.0945 e. The van der Waals surface area contributed by atoms with Gasteiger partial charge in [-0.15, -0.1) is 0 Å². The lowest BCUT2D eigenvalue weighted by Crippen LogP contribution is -2.03. The molecule has 0 spiro atoms. The monoisotopic (exact) mass is 214 g/mol. The molecule has 0 bridgehead atoms. The van der Waals surface area contributed by atoms with Gasteiger partial charge in [0.2, 0.25) is 0 Å². The average molecular weight is 214 g/mol. The van der Waals surface area contributed by atoms with Gasteiger partial charge in [0.05, 0.1) is 12.4 Å². The molecule has 0 rings (SSSR count). The zero-order valence-corrected chi connectivity index (χ0v) is 10.6. The molecule has 0 unspecified atom stereocenters. The number of hydrogen-bond donors (Lipinski definition) is 1. The van der Waals surface area contributed by atoms with E-state index in [0.717, 1.165) is 18.1 Å². The number of allylic oxidation sites excluding steroid dienone is 2. The molecule has 0 heterocycles. The SMILES string of the molecule is CC(C)CC/C=C(\OCCCO)C(C)C. The van der Waals surface area contributed by atoms with Crippen molar-refractivity contribution in [1.29, 1.82) is 0 Å². The van der Waals surface area contributed by atoms with E-state index in [0.29, 0.717) is 18.9 Å². The van der Waals surface area contributed by atoms with Crippen molar-refractivity contribution < 1.29 is 9.84 Å². The van der Waals surface area contributed by atoms with E-state index in [-0.39, 0.29) is 6.61 Å². The Morgan fingerprint density at radius 3 is 2.40 bits per heavy atom. The van der Waals surface area contributed by atoms with Crippen molar-refractivity contribution in [3.05, 3.63) is 11.8 Å². The van der Waals surface area contributed by atoms with Crippen LogP contribution in [-0.4, -0.2) is 18.3 Å². The quantitative estimate of drug-likeness (QED) is 0.496. The molecule has 90 valence electrons. The van der Waals surface area contributed by atoms with Crippen LogP contribution in [0.15, 0.2) is 11.8 Å². The van der Waals surface area contributed by atoms with E-state index >= 15 is 0 Å². The summed E-state index contributed by atoms with van der Waals surface area (Å²) in [6, 6.07) is 0. The first-order valence-electron chi connectivity index (χ1n) is 6.01. The third-order valence-corrected chi connectivity index (χ3v) is 2.23. The molecule has 0 atom stereocenters. The van der Waals surface area contributed by atoms with E-state index in [9.17, 15) is 0 Å². The Morgan fingerprint density at radius 2 is 1.93 bits per heavy atom. The maximum absolute atomic E-state index is 8.67. The molecule has 0 aliphatic rings. The molecule has 0 aliphatic heterocycles. The highest BCUT2D eigenvalue weighted by Crippen LogP contribution is 2.14. The lowest BCUT2D eigenvalue weighted by Gasteiger charge is -2.13. The lowest BCUT2D eigenvalue weighted by molar-refractivity contribution is 0.156. The molecule has 2 nitrogen and oxygen atoms in total. The zero-order chi connectivity index (χ0) is 11.7. The maximum atomic E-state index is 8.67. The van der Waals surface area contributed by atoms with E-state index < -0.39 is 0 Å². The van der Waals surface area contributed by atoms with Crippen LogP contribution in [0.5, 0.6) is 0 Å². The molecule has 0 aliphatic carbocycles. The minimum absolute atomic E-state index is 0.206. The Bertz CT molecular complexity index is 171. The molecule has 1 N–H and O–H groups in total. The van der Waals surface area contributed by atoms with Crippen LogP contribution in [0, 0.1) is 11.8 Å². The molecule has 15 heavy (non-hydrogen) atoms. The van der Waals surface area contributed by atoms with E-state index in [1.165, 1.54) is 6.42 Å². The van der Waals surface area contributed by atoms with Gasteiger partial charge >= 0.3 is 0 Å². The Labute approximate surface area is 94.3 Å². The van der Waals surface area contributed by atoms with Crippen molar-refractivity contribution in [2.75, 3.05) is 13.2 Å². The fourth-order valence-electron chi connectivity index (χ4n) is 1.27. The summed E-state index contributed by atoms with van der Waals surface area (Å²) in [5.74, 6) is 2.26. The zero-order valence-electron chi connectivity index (χ0n) is 10.6. The average Bonchev–Trinajstić information content (AvgIpc) is 2.15. The summed E-state index contributed by atoms with van der Waals surface area (Å²) in [5, 5.41) is 8.67. The minimum Gasteiger partial charge on any atom is -0.498 e. The fourth-order valence-corrected chi connectivity index (χ4v) is 1.27. The van der Waals surface area contributed by atoms with Crippen LogP contribution >= 0.6 is 0 Å². The fraction of sp³-hybridized carbons (Fsp3) is 0.846. The van der Waals surface area contributed by atoms with Gasteiger partial charge in [0.1, 0.15) is 0 Å². The Hall–Kier alpha value is -0.500. The van der Waals surface area contributed by atoms with Crippen LogP contribution in [0.3, 0.4) is 0 Å². The van der Waals surface area contributed by atoms with Gasteiger partial charge in [-0.3, -0.25) is 0 Å². The van der Waals surface area contributed by atoms with Gasteiger partial charge in [0.25, 0.3) is 0 Å². The van der Waals surface area contributed by atoms with E-state index in [1.54, 1.807) is 0 Å². The third-order valence-electron chi connectivity index (χ3n) is 2.23. The Morgan fingerprint density at radius 1 is 1.27 bits per heavy atom. The molecule has 0 aromatic heterocycles. The Kier molecular flexibility index (Phi) is 8.49. The molecule has 2 heteroatoms. The summed E-state index contributed by atoms with van der Waals surface area (Å²) < 4.78 is 5.63. The molecular formula is C13H26O2. The number of aliphatic hydroxyl groups excluding tert-OH is 1. The van der Waals surface area contributed by atoms with Gasteiger partial charge in [0, 0.05) is 18.9 Å². The highest BCUT2D eigenvalue weighted by atomic mass is 16.5. The largest absolute Gasteiger partial charge is 0.498 e. The van der Waals surface area contributed by atoms with Gasteiger partial charge in [-0.25, -0.2) is 0 Å². The second kappa shape index (κ2) is 8.78. The first-order valence-corrected chi connectivity index (χ1v) is 6.01. The third kappa shape index (κ3) is 8.49. The predicted molar refractivity (Wildman–Crippen MR) is 64.6 cm³/mol. The van der Waals surface area contributed by atoms with Crippen molar-refractivity contribution in [2.24, 2.45) is 11.8 Å². The lowest BCUT2D eigenvalue weighted by atomic mass is 10.1. The molecule has 0 saturated heterocycles. The number of hydrogen-bond acceptors (Lipinski definition) is 2. The second-order valence-electron chi connectivity index (χ2n) is 4.66. The van der Waals surface area contributed by atoms with Gasteiger partial charge in [-0.05, 0) is 24.8 Å². The number of aliphatic hydroxyl groups is 1. The Balaban J connectivity index is 3.90. The molecule has 0 fully saturated rings. The maximum Gasteiger partial charge on any atom is 0.0945 e. The van der Waals surface area contributed by atoms with Crippen molar-refractivity contribution in [2.45, 2.75) is 47.0 Å². The summed E-state index contributed by atoms with van der Waals surface area (Å²) >= 11 is 0. The van der Waals surface area contributed by atoms with Crippen molar-refractivity contribution in [1.82, 2.24) is 0 Å². The summed E-state index contributed by atoms with van der Waals surface area (Å²) in [7, 11) is 0. The van der Waals surface area contributed by atoms with Crippen LogP contribution in [0.1, 0.15) is 47.0 Å². The van der Waals surface area contributed by atoms with Gasteiger partial charge < -0.3 is 9.84 Å². The first kappa shape index (κ1) is 14.5. The molecule has 0 radical (unpaired) electrons. The molecule has 0 amide bonds. The van der Waals surface area contributed by atoms with Crippen molar-refractivity contribution in [3.63, 3.8) is 0 Å². The van der Waals surface area contributed by atoms with Crippen LogP contribution in [-0.2, 0) is 4.74 Å². The highest BCUT2D eigenvalue weighted by molar-refractivity contribution is 4.96. The summed E-state index contributed by atoms with van der Waals surface area (Å²) in [5.41, 5.74) is 0. The minimum atomic E-state index is 0.206. The van der Waals surface area contributed by atoms with Gasteiger partial charge in [0.15, 0.2) is 0 Å². The summed E-state index contributed by atoms with van der Waals surface area (Å²) in [4.78, 5) is 0. The second-order valence-corrected chi connectivity index (χ2v) is 4.66. The van der Waals surface area contributed by atoms with E-state index in [4.69, 9.17) is 9.84 Å². The first-order chi connectivity index (χ1) is 7.07. The standard InChI is InChI=1S/C13H26O2/c1-11(2)7-5-8-13(12(3)4)15-10-6-9-14/h8,11-12,14H,5-7,9-10H2,1-4H3/b13-8-. The van der Waals surface area contributed by atoms with E-state index in [2.05, 4.69) is 33.8 Å². The molecule has 0 saturated carbocycles. The number of rotatable bonds is 8. The molecule has 0 aromatic carbocycles. The van der Waals surface area contributed by atoms with Crippen molar-refractivity contribution in [3.8, 4) is 0 Å². The molecule has 0 aromatic rings. The topological polar surface area (TPSA) is 29.5 Å². The number of ether oxygens (including phenoxy) is 1. The van der Waals surface area contributed by atoms with Crippen LogP contribution in [0.4, 0.5) is 0 Å². The van der Waals surface area contributed by atoms with Gasteiger partial charge in [-0.1, -0.05) is 27.7 Å². The summed E-state index contributed by atoms with van der Waals surface area (Å²) in [6.07, 6.45) is 5.21. The normalized spacial score (nSPS) is 12.6. The van der Waals surface area contributed by atoms with E-state index in [1.807, 2.05) is 0 Å². The van der Waals surface area contributed by atoms with Crippen LogP contribution in [0.25, 0.3) is 0 Å².